The zero-order chi connectivity index (χ0) is 27.3. The number of nitrogens with zero attached hydrogens (tertiary/aromatic N) is 3. The lowest BCUT2D eigenvalue weighted by molar-refractivity contribution is -0.274. The van der Waals surface area contributed by atoms with E-state index in [2.05, 4.69) is 21.6 Å². The van der Waals surface area contributed by atoms with Crippen LogP contribution in [0.25, 0.3) is 0 Å². The standard InChI is InChI=1S/C25H21ClF3N3O5/c1-15-22(31(2)24(34)32(3)23(15)33)30-21(10-5-7-16-11-12-19(26)20(13-16)35-4)36-17-8-6-9-18(14-17)37-25(27,28)29/h6,8-9,11-14H,7H2,1-4H3. The van der Waals surface area contributed by atoms with Crippen LogP contribution in [0.4, 0.5) is 19.0 Å². The van der Waals surface area contributed by atoms with Crippen LogP contribution in [0.15, 0.2) is 57.0 Å². The molecule has 0 amide bonds. The Morgan fingerprint density at radius 1 is 1.08 bits per heavy atom. The van der Waals surface area contributed by atoms with Gasteiger partial charge in [0.1, 0.15) is 23.1 Å². The number of aliphatic imine (C=N–C) groups is 1. The summed E-state index contributed by atoms with van der Waals surface area (Å²) in [4.78, 5) is 29.1. The topological polar surface area (TPSA) is 84.1 Å². The van der Waals surface area contributed by atoms with Crippen LogP contribution in [0.5, 0.6) is 17.2 Å². The Hall–Kier alpha value is -4.17. The summed E-state index contributed by atoms with van der Waals surface area (Å²) in [7, 11) is 4.22. The molecule has 1 heterocycles. The zero-order valence-electron chi connectivity index (χ0n) is 20.1. The largest absolute Gasteiger partial charge is 0.573 e. The third-order valence-corrected chi connectivity index (χ3v) is 5.33. The Kier molecular flexibility index (Phi) is 8.35. The molecule has 12 heteroatoms. The van der Waals surface area contributed by atoms with Crippen molar-refractivity contribution in [3.05, 3.63) is 79.5 Å². The molecule has 194 valence electrons. The minimum Gasteiger partial charge on any atom is -0.495 e. The summed E-state index contributed by atoms with van der Waals surface area (Å²) >= 11 is 6.04. The normalized spacial score (nSPS) is 11.5. The number of hydrogen-bond donors (Lipinski definition) is 0. The first kappa shape index (κ1) is 27.4. The lowest BCUT2D eigenvalue weighted by atomic mass is 10.1. The van der Waals surface area contributed by atoms with E-state index >= 15 is 0 Å². The van der Waals surface area contributed by atoms with E-state index in [0.29, 0.717) is 10.8 Å². The summed E-state index contributed by atoms with van der Waals surface area (Å²) < 4.78 is 54.7. The first-order valence-electron chi connectivity index (χ1n) is 10.6. The van der Waals surface area contributed by atoms with Crippen LogP contribution in [0.1, 0.15) is 11.1 Å². The molecule has 0 saturated carbocycles. The van der Waals surface area contributed by atoms with Crippen LogP contribution in [0.3, 0.4) is 0 Å². The number of halogens is 4. The summed E-state index contributed by atoms with van der Waals surface area (Å²) in [6, 6.07) is 9.86. The van der Waals surface area contributed by atoms with Gasteiger partial charge in [0, 0.05) is 26.6 Å². The molecule has 8 nitrogen and oxygen atoms in total. The van der Waals surface area contributed by atoms with Crippen molar-refractivity contribution in [3.63, 3.8) is 0 Å². The van der Waals surface area contributed by atoms with E-state index in [1.807, 2.05) is 0 Å². The molecule has 0 bridgehead atoms. The van der Waals surface area contributed by atoms with Crippen LogP contribution in [0, 0.1) is 18.8 Å². The summed E-state index contributed by atoms with van der Waals surface area (Å²) in [5.74, 6) is 5.17. The second kappa shape index (κ2) is 11.3. The maximum atomic E-state index is 12.6. The average Bonchev–Trinajstić information content (AvgIpc) is 2.84. The first-order valence-corrected chi connectivity index (χ1v) is 11.0. The fraction of sp³-hybridized carbons (Fsp3) is 0.240. The number of methoxy groups -OCH3 is 1. The second-order valence-corrected chi connectivity index (χ2v) is 8.05. The second-order valence-electron chi connectivity index (χ2n) is 7.64. The molecular weight excluding hydrogens is 515 g/mol. The molecule has 0 aliphatic rings. The van der Waals surface area contributed by atoms with Crippen molar-refractivity contribution < 1.29 is 27.4 Å². The van der Waals surface area contributed by atoms with Gasteiger partial charge >= 0.3 is 12.1 Å². The third kappa shape index (κ3) is 6.95. The molecule has 0 N–H and O–H groups in total. The minimum atomic E-state index is -4.89. The number of rotatable bonds is 5. The lowest BCUT2D eigenvalue weighted by Gasteiger charge is -2.12. The number of benzene rings is 2. The number of aromatic nitrogens is 2. The predicted molar refractivity (Wildman–Crippen MR) is 132 cm³/mol. The Bertz CT molecular complexity index is 1490. The summed E-state index contributed by atoms with van der Waals surface area (Å²) in [6.45, 7) is 1.48. The van der Waals surface area contributed by atoms with Crippen molar-refractivity contribution in [1.82, 2.24) is 9.13 Å². The van der Waals surface area contributed by atoms with E-state index in [1.165, 1.54) is 40.3 Å². The highest BCUT2D eigenvalue weighted by atomic mass is 35.5. The molecule has 0 aliphatic heterocycles. The smallest absolute Gasteiger partial charge is 0.495 e. The van der Waals surface area contributed by atoms with Crippen LogP contribution >= 0.6 is 11.6 Å². The van der Waals surface area contributed by atoms with E-state index in [4.69, 9.17) is 21.1 Å². The third-order valence-electron chi connectivity index (χ3n) is 5.02. The molecule has 0 atom stereocenters. The molecular formula is C25H21ClF3N3O5. The molecule has 2 aromatic carbocycles. The van der Waals surface area contributed by atoms with Crippen molar-refractivity contribution in [1.29, 1.82) is 0 Å². The number of alkyl halides is 3. The van der Waals surface area contributed by atoms with Gasteiger partial charge in [0.15, 0.2) is 0 Å². The molecule has 0 unspecified atom stereocenters. The Morgan fingerprint density at radius 2 is 1.78 bits per heavy atom. The molecule has 3 aromatic rings. The summed E-state index contributed by atoms with van der Waals surface area (Å²) in [5, 5.41) is 0.424. The first-order chi connectivity index (χ1) is 17.4. The lowest BCUT2D eigenvalue weighted by Crippen LogP contribution is -2.38. The van der Waals surface area contributed by atoms with Crippen LogP contribution in [-0.4, -0.2) is 28.5 Å². The van der Waals surface area contributed by atoms with Crippen molar-refractivity contribution in [3.8, 4) is 29.1 Å². The van der Waals surface area contributed by atoms with Gasteiger partial charge in [-0.25, -0.2) is 4.79 Å². The van der Waals surface area contributed by atoms with Gasteiger partial charge < -0.3 is 14.2 Å². The molecule has 0 saturated heterocycles. The fourth-order valence-corrected chi connectivity index (χ4v) is 3.41. The summed E-state index contributed by atoms with van der Waals surface area (Å²) in [5.41, 5.74) is -0.298. The Balaban J connectivity index is 2.04. The van der Waals surface area contributed by atoms with Crippen molar-refractivity contribution in [2.45, 2.75) is 19.7 Å². The molecule has 37 heavy (non-hydrogen) atoms. The highest BCUT2D eigenvalue weighted by molar-refractivity contribution is 6.32. The highest BCUT2D eigenvalue weighted by Gasteiger charge is 2.31. The van der Waals surface area contributed by atoms with E-state index in [-0.39, 0.29) is 29.4 Å². The number of ether oxygens (including phenoxy) is 3. The molecule has 0 aliphatic carbocycles. The van der Waals surface area contributed by atoms with E-state index < -0.39 is 23.4 Å². The zero-order valence-corrected chi connectivity index (χ0v) is 20.9. The van der Waals surface area contributed by atoms with Crippen LogP contribution in [0.2, 0.25) is 5.02 Å². The van der Waals surface area contributed by atoms with Gasteiger partial charge in [-0.3, -0.25) is 13.9 Å². The van der Waals surface area contributed by atoms with Gasteiger partial charge in [0.05, 0.1) is 17.7 Å². The van der Waals surface area contributed by atoms with Crippen molar-refractivity contribution in [2.75, 3.05) is 7.11 Å². The van der Waals surface area contributed by atoms with Gasteiger partial charge in [-0.1, -0.05) is 29.7 Å². The number of hydrogen-bond acceptors (Lipinski definition) is 6. The van der Waals surface area contributed by atoms with Crippen LogP contribution in [-0.2, 0) is 20.5 Å². The molecule has 3 rings (SSSR count). The summed E-state index contributed by atoms with van der Waals surface area (Å²) in [6.07, 6.45) is -4.68. The van der Waals surface area contributed by atoms with E-state index in [0.717, 1.165) is 26.8 Å². The predicted octanol–water partition coefficient (Wildman–Crippen LogP) is 4.31. The fourth-order valence-electron chi connectivity index (χ4n) is 3.22. The van der Waals surface area contributed by atoms with E-state index in [1.54, 1.807) is 18.2 Å². The quantitative estimate of drug-likeness (QED) is 0.276. The maximum Gasteiger partial charge on any atom is 0.573 e. The molecule has 0 fully saturated rings. The monoisotopic (exact) mass is 535 g/mol. The maximum absolute atomic E-state index is 12.6. The minimum absolute atomic E-state index is 0.0201. The van der Waals surface area contributed by atoms with Gasteiger partial charge in [0.2, 0.25) is 0 Å². The Morgan fingerprint density at radius 3 is 2.46 bits per heavy atom. The molecule has 0 spiro atoms. The Labute approximate surface area is 214 Å². The van der Waals surface area contributed by atoms with Gasteiger partial charge in [-0.2, -0.15) is 4.99 Å². The average molecular weight is 536 g/mol. The van der Waals surface area contributed by atoms with Gasteiger partial charge in [-0.05, 0) is 42.7 Å². The highest BCUT2D eigenvalue weighted by Crippen LogP contribution is 2.27. The SMILES string of the molecule is COc1cc(CC#CC(=Nc2c(C)c(=O)n(C)c(=O)n2C)Oc2cccc(OC(F)(F)F)c2)ccc1Cl. The van der Waals surface area contributed by atoms with E-state index in [9.17, 15) is 22.8 Å². The van der Waals surface area contributed by atoms with Gasteiger partial charge in [-0.15, -0.1) is 13.2 Å². The molecule has 1 aromatic heterocycles. The van der Waals surface area contributed by atoms with Crippen LogP contribution < -0.4 is 25.5 Å². The van der Waals surface area contributed by atoms with Crippen molar-refractivity contribution in [2.24, 2.45) is 19.1 Å². The van der Waals surface area contributed by atoms with Gasteiger partial charge in [0.25, 0.3) is 11.5 Å². The van der Waals surface area contributed by atoms with Crippen molar-refractivity contribution >= 4 is 23.3 Å². The molecule has 0 radical (unpaired) electrons.